The SMILES string of the molecule is Cc1ccc(-c2cnc(C)cc2C#N)c(F)c1.NC(=O)C1=CCN=C1. The normalized spacial score (nSPS) is 12.0. The van der Waals surface area contributed by atoms with E-state index >= 15 is 0 Å². The first-order chi connectivity index (χ1) is 11.9. The zero-order chi connectivity index (χ0) is 18.4. The number of aromatic nitrogens is 1. The van der Waals surface area contributed by atoms with Crippen LogP contribution in [0.1, 0.15) is 16.8 Å². The number of benzene rings is 1. The Kier molecular flexibility index (Phi) is 5.75. The van der Waals surface area contributed by atoms with E-state index in [1.54, 1.807) is 31.3 Å². The Bertz CT molecular complexity index is 910. The van der Waals surface area contributed by atoms with Crippen LogP contribution in [0.15, 0.2) is 47.1 Å². The lowest BCUT2D eigenvalue weighted by Crippen LogP contribution is -2.13. The molecule has 2 aromatic rings. The Labute approximate surface area is 145 Å². The van der Waals surface area contributed by atoms with Crippen LogP contribution in [0.2, 0.25) is 0 Å². The van der Waals surface area contributed by atoms with Crippen molar-refractivity contribution in [2.45, 2.75) is 13.8 Å². The number of hydrogen-bond acceptors (Lipinski definition) is 4. The van der Waals surface area contributed by atoms with Crippen molar-refractivity contribution in [3.63, 3.8) is 0 Å². The molecule has 1 aliphatic rings. The number of rotatable bonds is 2. The van der Waals surface area contributed by atoms with E-state index in [1.807, 2.05) is 13.0 Å². The number of primary amides is 1. The van der Waals surface area contributed by atoms with Gasteiger partial charge in [-0.2, -0.15) is 5.26 Å². The molecular weight excluding hydrogens is 319 g/mol. The summed E-state index contributed by atoms with van der Waals surface area (Å²) in [4.78, 5) is 18.1. The average molecular weight is 336 g/mol. The zero-order valence-corrected chi connectivity index (χ0v) is 14.0. The van der Waals surface area contributed by atoms with Crippen molar-refractivity contribution in [3.8, 4) is 17.2 Å². The molecule has 0 saturated carbocycles. The van der Waals surface area contributed by atoms with Crippen LogP contribution in [0.3, 0.4) is 0 Å². The second kappa shape index (κ2) is 7.97. The van der Waals surface area contributed by atoms with E-state index in [0.29, 0.717) is 28.8 Å². The first kappa shape index (κ1) is 18.0. The summed E-state index contributed by atoms with van der Waals surface area (Å²) in [6.07, 6.45) is 4.73. The van der Waals surface area contributed by atoms with Crippen molar-refractivity contribution >= 4 is 12.1 Å². The molecule has 25 heavy (non-hydrogen) atoms. The van der Waals surface area contributed by atoms with E-state index in [4.69, 9.17) is 11.0 Å². The van der Waals surface area contributed by atoms with Crippen molar-refractivity contribution in [2.24, 2.45) is 10.7 Å². The largest absolute Gasteiger partial charge is 0.366 e. The van der Waals surface area contributed by atoms with Gasteiger partial charge in [0.25, 0.3) is 0 Å². The zero-order valence-electron chi connectivity index (χ0n) is 14.0. The van der Waals surface area contributed by atoms with Gasteiger partial charge < -0.3 is 5.73 Å². The Morgan fingerprint density at radius 3 is 2.56 bits per heavy atom. The highest BCUT2D eigenvalue weighted by Crippen LogP contribution is 2.26. The number of pyridine rings is 1. The molecule has 1 aromatic carbocycles. The van der Waals surface area contributed by atoms with Gasteiger partial charge in [0.15, 0.2) is 0 Å². The molecule has 6 heteroatoms. The molecule has 0 atom stereocenters. The number of carbonyl (C=O) groups excluding carboxylic acids is 1. The predicted octanol–water partition coefficient (Wildman–Crippen LogP) is 2.86. The summed E-state index contributed by atoms with van der Waals surface area (Å²) >= 11 is 0. The van der Waals surface area contributed by atoms with E-state index < -0.39 is 5.91 Å². The standard InChI is InChI=1S/C14H11FN2.C5H6N2O/c1-9-3-4-12(14(15)5-9)13-8-17-10(2)6-11(13)7-16;6-5(8)4-1-2-7-3-4/h3-6,8H,1-2H3;1,3H,2H2,(H2,6,8). The van der Waals surface area contributed by atoms with Gasteiger partial charge in [-0.15, -0.1) is 0 Å². The van der Waals surface area contributed by atoms with E-state index in [9.17, 15) is 9.18 Å². The third kappa shape index (κ3) is 4.58. The Hall–Kier alpha value is -3.33. The molecule has 0 fully saturated rings. The summed E-state index contributed by atoms with van der Waals surface area (Å²) in [5, 5.41) is 9.05. The van der Waals surface area contributed by atoms with Gasteiger partial charge in [0.05, 0.1) is 23.8 Å². The van der Waals surface area contributed by atoms with Crippen molar-refractivity contribution in [1.82, 2.24) is 4.98 Å². The molecule has 0 spiro atoms. The van der Waals surface area contributed by atoms with Gasteiger partial charge in [0, 0.05) is 29.2 Å². The molecule has 1 amide bonds. The van der Waals surface area contributed by atoms with Gasteiger partial charge in [-0.3, -0.25) is 14.8 Å². The maximum atomic E-state index is 13.8. The molecule has 2 N–H and O–H groups in total. The fourth-order valence-corrected chi connectivity index (χ4v) is 2.22. The highest BCUT2D eigenvalue weighted by molar-refractivity contribution is 6.12. The molecule has 126 valence electrons. The van der Waals surface area contributed by atoms with Crippen LogP contribution in [-0.4, -0.2) is 23.7 Å². The van der Waals surface area contributed by atoms with Crippen LogP contribution in [0.5, 0.6) is 0 Å². The third-order valence-corrected chi connectivity index (χ3v) is 3.51. The number of nitriles is 1. The quantitative estimate of drug-likeness (QED) is 0.914. The van der Waals surface area contributed by atoms with Crippen LogP contribution in [0, 0.1) is 31.0 Å². The monoisotopic (exact) mass is 336 g/mol. The molecule has 1 aromatic heterocycles. The van der Waals surface area contributed by atoms with Gasteiger partial charge in [-0.05, 0) is 37.6 Å². The van der Waals surface area contributed by atoms with Gasteiger partial charge in [-0.1, -0.05) is 12.1 Å². The highest BCUT2D eigenvalue weighted by atomic mass is 19.1. The second-order valence-corrected chi connectivity index (χ2v) is 5.48. The second-order valence-electron chi connectivity index (χ2n) is 5.48. The summed E-state index contributed by atoms with van der Waals surface area (Å²) in [7, 11) is 0. The minimum absolute atomic E-state index is 0.327. The smallest absolute Gasteiger partial charge is 0.249 e. The minimum atomic E-state index is -0.397. The van der Waals surface area contributed by atoms with E-state index in [2.05, 4.69) is 16.0 Å². The van der Waals surface area contributed by atoms with Crippen molar-refractivity contribution < 1.29 is 9.18 Å². The third-order valence-electron chi connectivity index (χ3n) is 3.51. The Morgan fingerprint density at radius 1 is 1.28 bits per heavy atom. The maximum Gasteiger partial charge on any atom is 0.249 e. The van der Waals surface area contributed by atoms with Crippen molar-refractivity contribution in [2.75, 3.05) is 6.54 Å². The average Bonchev–Trinajstić information content (AvgIpc) is 3.11. The highest BCUT2D eigenvalue weighted by Gasteiger charge is 2.10. The van der Waals surface area contributed by atoms with Gasteiger partial charge >= 0.3 is 0 Å². The van der Waals surface area contributed by atoms with Crippen LogP contribution in [0.4, 0.5) is 4.39 Å². The van der Waals surface area contributed by atoms with E-state index in [0.717, 1.165) is 11.3 Å². The maximum absolute atomic E-state index is 13.8. The predicted molar refractivity (Wildman–Crippen MR) is 94.5 cm³/mol. The molecule has 0 radical (unpaired) electrons. The summed E-state index contributed by atoms with van der Waals surface area (Å²) in [6.45, 7) is 4.22. The van der Waals surface area contributed by atoms with E-state index in [-0.39, 0.29) is 5.82 Å². The number of nitrogens with zero attached hydrogens (tertiary/aromatic N) is 3. The van der Waals surface area contributed by atoms with Crippen LogP contribution in [0.25, 0.3) is 11.1 Å². The number of halogens is 1. The first-order valence-corrected chi connectivity index (χ1v) is 7.55. The summed E-state index contributed by atoms with van der Waals surface area (Å²) in [6, 6.07) is 8.68. The summed E-state index contributed by atoms with van der Waals surface area (Å²) in [5.74, 6) is -0.724. The molecule has 0 saturated heterocycles. The summed E-state index contributed by atoms with van der Waals surface area (Å²) < 4.78 is 13.8. The molecule has 0 unspecified atom stereocenters. The lowest BCUT2D eigenvalue weighted by atomic mass is 10.0. The van der Waals surface area contributed by atoms with Gasteiger partial charge in [0.2, 0.25) is 5.91 Å². The summed E-state index contributed by atoms with van der Waals surface area (Å²) in [5.41, 5.74) is 8.42. The number of amides is 1. The Balaban J connectivity index is 0.000000236. The number of aryl methyl sites for hydroxylation is 2. The van der Waals surface area contributed by atoms with Crippen LogP contribution in [-0.2, 0) is 4.79 Å². The number of aliphatic imine (C=N–C) groups is 1. The van der Waals surface area contributed by atoms with Gasteiger partial charge in [-0.25, -0.2) is 4.39 Å². The molecule has 1 aliphatic heterocycles. The molecule has 3 rings (SSSR count). The topological polar surface area (TPSA) is 92.1 Å². The minimum Gasteiger partial charge on any atom is -0.366 e. The fourth-order valence-electron chi connectivity index (χ4n) is 2.22. The molecule has 0 bridgehead atoms. The Morgan fingerprint density at radius 2 is 2.04 bits per heavy atom. The molecule has 0 aliphatic carbocycles. The van der Waals surface area contributed by atoms with Crippen LogP contribution >= 0.6 is 0 Å². The van der Waals surface area contributed by atoms with Crippen molar-refractivity contribution in [3.05, 3.63) is 64.7 Å². The van der Waals surface area contributed by atoms with Crippen molar-refractivity contribution in [1.29, 1.82) is 5.26 Å². The number of nitrogens with two attached hydrogens (primary N) is 1. The number of hydrogen-bond donors (Lipinski definition) is 1. The lowest BCUT2D eigenvalue weighted by Gasteiger charge is -2.06. The molecule has 5 nitrogen and oxygen atoms in total. The van der Waals surface area contributed by atoms with E-state index in [1.165, 1.54) is 12.3 Å². The van der Waals surface area contributed by atoms with Crippen LogP contribution < -0.4 is 5.73 Å². The molecular formula is C19H17FN4O. The first-order valence-electron chi connectivity index (χ1n) is 7.55. The molecule has 2 heterocycles. The van der Waals surface area contributed by atoms with Gasteiger partial charge in [0.1, 0.15) is 5.82 Å². The fraction of sp³-hybridized carbons (Fsp3) is 0.158. The number of carbonyl (C=O) groups is 1. The lowest BCUT2D eigenvalue weighted by molar-refractivity contribution is -0.114.